The Morgan fingerprint density at radius 2 is 2.14 bits per heavy atom. The molecule has 0 spiro atoms. The lowest BCUT2D eigenvalue weighted by Crippen LogP contribution is -2.47. The minimum Gasteiger partial charge on any atom is -0.376 e. The van der Waals surface area contributed by atoms with Gasteiger partial charge >= 0.3 is 0 Å². The lowest BCUT2D eigenvalue weighted by atomic mass is 9.93. The third kappa shape index (κ3) is 6.93. The van der Waals surface area contributed by atoms with E-state index in [9.17, 15) is 0 Å². The molecule has 1 unspecified atom stereocenters. The van der Waals surface area contributed by atoms with Crippen molar-refractivity contribution in [1.82, 2.24) is 15.2 Å². The van der Waals surface area contributed by atoms with Gasteiger partial charge in [0.1, 0.15) is 0 Å². The van der Waals surface area contributed by atoms with Crippen LogP contribution in [0, 0.1) is 0 Å². The van der Waals surface area contributed by atoms with Crippen molar-refractivity contribution in [2.24, 2.45) is 4.99 Å². The second-order valence-electron chi connectivity index (χ2n) is 9.02. The molecular formula is C22H38N4O2S. The lowest BCUT2D eigenvalue weighted by molar-refractivity contribution is -0.0367. The summed E-state index contributed by atoms with van der Waals surface area (Å²) in [7, 11) is 0. The van der Waals surface area contributed by atoms with Crippen LogP contribution in [-0.2, 0) is 21.3 Å². The van der Waals surface area contributed by atoms with Gasteiger partial charge in [-0.3, -0.25) is 4.99 Å². The van der Waals surface area contributed by atoms with Gasteiger partial charge in [0.15, 0.2) is 5.96 Å². The van der Waals surface area contributed by atoms with E-state index in [1.165, 1.54) is 17.1 Å². The molecule has 29 heavy (non-hydrogen) atoms. The molecule has 2 saturated heterocycles. The number of guanidine groups is 1. The van der Waals surface area contributed by atoms with Gasteiger partial charge in [0, 0.05) is 50.0 Å². The molecule has 2 aliphatic heterocycles. The molecule has 164 valence electrons. The maximum atomic E-state index is 6.10. The van der Waals surface area contributed by atoms with Gasteiger partial charge in [0.2, 0.25) is 0 Å². The van der Waals surface area contributed by atoms with Crippen molar-refractivity contribution >= 4 is 17.3 Å². The van der Waals surface area contributed by atoms with Crippen molar-refractivity contribution in [1.29, 1.82) is 0 Å². The Labute approximate surface area is 180 Å². The third-order valence-electron chi connectivity index (χ3n) is 5.53. The number of nitrogens with one attached hydrogen (secondary N) is 1. The van der Waals surface area contributed by atoms with Gasteiger partial charge in [-0.25, -0.2) is 4.98 Å². The number of likely N-dealkylation sites (tertiary alicyclic amines) is 1. The van der Waals surface area contributed by atoms with Crippen LogP contribution in [0.25, 0.3) is 0 Å². The number of aromatic nitrogens is 1. The third-order valence-corrected chi connectivity index (χ3v) is 6.43. The van der Waals surface area contributed by atoms with Crippen molar-refractivity contribution in [3.05, 3.63) is 16.1 Å². The fourth-order valence-corrected chi connectivity index (χ4v) is 4.72. The van der Waals surface area contributed by atoms with Crippen molar-refractivity contribution in [3.63, 3.8) is 0 Å². The summed E-state index contributed by atoms with van der Waals surface area (Å²) < 4.78 is 11.8. The average molecular weight is 423 g/mol. The number of ether oxygens (including phenoxy) is 2. The van der Waals surface area contributed by atoms with Crippen LogP contribution >= 0.6 is 11.3 Å². The summed E-state index contributed by atoms with van der Waals surface area (Å²) in [5.74, 6) is 1.03. The van der Waals surface area contributed by atoms with E-state index in [0.29, 0.717) is 12.2 Å². The molecule has 1 atom stereocenters. The Morgan fingerprint density at radius 1 is 1.34 bits per heavy atom. The zero-order valence-electron chi connectivity index (χ0n) is 18.6. The zero-order chi connectivity index (χ0) is 20.7. The molecule has 1 N–H and O–H groups in total. The summed E-state index contributed by atoms with van der Waals surface area (Å²) in [4.78, 5) is 12.0. The van der Waals surface area contributed by atoms with Crippen molar-refractivity contribution in [2.75, 3.05) is 39.4 Å². The molecule has 1 aromatic rings. The predicted molar refractivity (Wildman–Crippen MR) is 120 cm³/mol. The molecule has 0 saturated carbocycles. The van der Waals surface area contributed by atoms with Crippen LogP contribution in [0.5, 0.6) is 0 Å². The fraction of sp³-hybridized carbons (Fsp3) is 0.818. The van der Waals surface area contributed by atoms with Crippen LogP contribution in [-0.4, -0.2) is 67.4 Å². The van der Waals surface area contributed by atoms with Gasteiger partial charge in [-0.2, -0.15) is 0 Å². The number of hydrogen-bond donors (Lipinski definition) is 1. The fourth-order valence-electron chi connectivity index (χ4n) is 3.71. The number of thiazole rings is 1. The minimum atomic E-state index is 0.114. The summed E-state index contributed by atoms with van der Waals surface area (Å²) in [5, 5.41) is 6.82. The Hall–Kier alpha value is -1.18. The van der Waals surface area contributed by atoms with E-state index in [1.807, 2.05) is 0 Å². The quantitative estimate of drug-likeness (QED) is 0.537. The summed E-state index contributed by atoms with van der Waals surface area (Å²) in [6.07, 6.45) is 5.99. The Bertz CT molecular complexity index is 641. The molecule has 0 bridgehead atoms. The zero-order valence-corrected chi connectivity index (χ0v) is 19.4. The highest BCUT2D eigenvalue weighted by atomic mass is 32.1. The largest absolute Gasteiger partial charge is 0.376 e. The maximum absolute atomic E-state index is 6.10. The Kier molecular flexibility index (Phi) is 8.33. The number of rotatable bonds is 7. The topological polar surface area (TPSA) is 59.0 Å². The first-order valence-electron chi connectivity index (χ1n) is 11.2. The normalized spacial score (nSPS) is 21.7. The first kappa shape index (κ1) is 22.5. The van der Waals surface area contributed by atoms with Gasteiger partial charge in [0.05, 0.1) is 29.5 Å². The molecular weight excluding hydrogens is 384 g/mol. The van der Waals surface area contributed by atoms with E-state index in [2.05, 4.69) is 43.3 Å². The molecule has 2 fully saturated rings. The number of aliphatic imine (C=N–C) groups is 1. The van der Waals surface area contributed by atoms with Gasteiger partial charge < -0.3 is 19.7 Å². The van der Waals surface area contributed by atoms with E-state index in [-0.39, 0.29) is 5.41 Å². The molecule has 2 aliphatic rings. The SMILES string of the molecule is CCNC(=NCCc1nc(C(C)(C)C)cs1)N1CCC(OCC2CCCO2)CC1. The smallest absolute Gasteiger partial charge is 0.193 e. The number of piperidine rings is 1. The number of hydrogen-bond acceptors (Lipinski definition) is 5. The molecule has 0 amide bonds. The van der Waals surface area contributed by atoms with Gasteiger partial charge in [-0.1, -0.05) is 20.8 Å². The molecule has 0 radical (unpaired) electrons. The molecule has 3 rings (SSSR count). The summed E-state index contributed by atoms with van der Waals surface area (Å²) >= 11 is 1.75. The maximum Gasteiger partial charge on any atom is 0.193 e. The van der Waals surface area contributed by atoms with E-state index in [1.54, 1.807) is 11.3 Å². The highest BCUT2D eigenvalue weighted by molar-refractivity contribution is 7.09. The minimum absolute atomic E-state index is 0.114. The highest BCUT2D eigenvalue weighted by Gasteiger charge is 2.24. The lowest BCUT2D eigenvalue weighted by Gasteiger charge is -2.34. The van der Waals surface area contributed by atoms with Crippen LogP contribution in [0.3, 0.4) is 0 Å². The second-order valence-corrected chi connectivity index (χ2v) is 9.96. The summed E-state index contributed by atoms with van der Waals surface area (Å²) in [6, 6.07) is 0. The van der Waals surface area contributed by atoms with Gasteiger partial charge in [0.25, 0.3) is 0 Å². The van der Waals surface area contributed by atoms with E-state index < -0.39 is 0 Å². The van der Waals surface area contributed by atoms with E-state index >= 15 is 0 Å². The molecule has 6 nitrogen and oxygen atoms in total. The standard InChI is InChI=1S/C22H38N4O2S/c1-5-23-21(24-11-8-20-25-19(16-29-20)22(2,3)4)26-12-9-17(10-13-26)28-15-18-7-6-14-27-18/h16-18H,5-15H2,1-4H3,(H,23,24). The average Bonchev–Trinajstić information content (AvgIpc) is 3.38. The Morgan fingerprint density at radius 3 is 2.76 bits per heavy atom. The molecule has 0 aromatic carbocycles. The predicted octanol–water partition coefficient (Wildman–Crippen LogP) is 3.61. The van der Waals surface area contributed by atoms with Crippen molar-refractivity contribution in [2.45, 2.75) is 77.4 Å². The molecule has 1 aromatic heterocycles. The highest BCUT2D eigenvalue weighted by Crippen LogP contribution is 2.24. The first-order chi connectivity index (χ1) is 14.0. The van der Waals surface area contributed by atoms with Crippen LogP contribution in [0.15, 0.2) is 10.4 Å². The van der Waals surface area contributed by atoms with Crippen molar-refractivity contribution in [3.8, 4) is 0 Å². The van der Waals surface area contributed by atoms with E-state index in [0.717, 1.165) is 71.0 Å². The van der Waals surface area contributed by atoms with Crippen LogP contribution in [0.1, 0.15) is 64.1 Å². The summed E-state index contributed by atoms with van der Waals surface area (Å²) in [5.41, 5.74) is 1.29. The van der Waals surface area contributed by atoms with E-state index in [4.69, 9.17) is 19.5 Å². The first-order valence-corrected chi connectivity index (χ1v) is 12.0. The van der Waals surface area contributed by atoms with Gasteiger partial charge in [-0.15, -0.1) is 11.3 Å². The van der Waals surface area contributed by atoms with Crippen LogP contribution < -0.4 is 5.32 Å². The molecule has 0 aliphatic carbocycles. The van der Waals surface area contributed by atoms with Crippen LogP contribution in [0.4, 0.5) is 0 Å². The van der Waals surface area contributed by atoms with Crippen molar-refractivity contribution < 1.29 is 9.47 Å². The molecule has 7 heteroatoms. The Balaban J connectivity index is 1.44. The summed E-state index contributed by atoms with van der Waals surface area (Å²) in [6.45, 7) is 14.1. The second kappa shape index (κ2) is 10.7. The molecule has 3 heterocycles. The van der Waals surface area contributed by atoms with Crippen LogP contribution in [0.2, 0.25) is 0 Å². The number of nitrogens with zero attached hydrogens (tertiary/aromatic N) is 3. The van der Waals surface area contributed by atoms with Gasteiger partial charge in [-0.05, 0) is 32.6 Å². The monoisotopic (exact) mass is 422 g/mol.